The van der Waals surface area contributed by atoms with E-state index in [0.29, 0.717) is 18.7 Å². The molecule has 0 bridgehead atoms. The number of nitrogens with zero attached hydrogens (tertiary/aromatic N) is 2. The lowest BCUT2D eigenvalue weighted by Gasteiger charge is -2.18. The van der Waals surface area contributed by atoms with Crippen molar-refractivity contribution in [3.63, 3.8) is 0 Å². The first-order valence-corrected chi connectivity index (χ1v) is 6.69. The molecule has 0 aliphatic rings. The number of aryl methyl sites for hydroxylation is 1. The number of carbonyl (C=O) groups excluding carboxylic acids is 1. The molecule has 110 valence electrons. The fourth-order valence-electron chi connectivity index (χ4n) is 1.89. The van der Waals surface area contributed by atoms with Crippen LogP contribution in [0.1, 0.15) is 16.7 Å². The van der Waals surface area contributed by atoms with E-state index in [9.17, 15) is 9.18 Å². The molecule has 1 aromatic carbocycles. The molecular formula is C16H18FN3O. The van der Waals surface area contributed by atoms with Gasteiger partial charge in [0, 0.05) is 32.5 Å². The van der Waals surface area contributed by atoms with Gasteiger partial charge < -0.3 is 10.2 Å². The van der Waals surface area contributed by atoms with E-state index in [1.165, 1.54) is 6.07 Å². The molecule has 0 unspecified atom stereocenters. The van der Waals surface area contributed by atoms with E-state index >= 15 is 0 Å². The minimum Gasteiger partial charge on any atom is -0.334 e. The third-order valence-electron chi connectivity index (χ3n) is 3.20. The van der Waals surface area contributed by atoms with Crippen molar-refractivity contribution in [1.29, 1.82) is 0 Å². The van der Waals surface area contributed by atoms with E-state index in [2.05, 4.69) is 10.3 Å². The average Bonchev–Trinajstić information content (AvgIpc) is 2.49. The first-order chi connectivity index (χ1) is 10.1. The second-order valence-corrected chi connectivity index (χ2v) is 4.95. The van der Waals surface area contributed by atoms with E-state index < -0.39 is 0 Å². The van der Waals surface area contributed by atoms with Crippen LogP contribution in [0.4, 0.5) is 9.18 Å². The highest BCUT2D eigenvalue weighted by Gasteiger charge is 2.09. The van der Waals surface area contributed by atoms with Gasteiger partial charge in [0.1, 0.15) is 5.82 Å². The molecule has 0 atom stereocenters. The van der Waals surface area contributed by atoms with Crippen LogP contribution in [0.25, 0.3) is 0 Å². The zero-order valence-corrected chi connectivity index (χ0v) is 12.1. The van der Waals surface area contributed by atoms with Gasteiger partial charge in [-0.15, -0.1) is 0 Å². The summed E-state index contributed by atoms with van der Waals surface area (Å²) in [5.41, 5.74) is 2.34. The third kappa shape index (κ3) is 4.27. The maximum Gasteiger partial charge on any atom is 0.317 e. The van der Waals surface area contributed by atoms with Crippen LogP contribution >= 0.6 is 0 Å². The molecule has 0 spiro atoms. The number of pyridine rings is 1. The Balaban J connectivity index is 1.87. The van der Waals surface area contributed by atoms with Gasteiger partial charge in [0.2, 0.25) is 0 Å². The monoisotopic (exact) mass is 287 g/mol. The number of halogens is 1. The second kappa shape index (κ2) is 6.83. The van der Waals surface area contributed by atoms with Crippen LogP contribution in [0, 0.1) is 12.7 Å². The average molecular weight is 287 g/mol. The fraction of sp³-hybridized carbons (Fsp3) is 0.250. The number of carbonyl (C=O) groups is 1. The van der Waals surface area contributed by atoms with Crippen molar-refractivity contribution in [3.8, 4) is 0 Å². The summed E-state index contributed by atoms with van der Waals surface area (Å²) in [6.07, 6.45) is 3.38. The Labute approximate surface area is 123 Å². The molecule has 0 aliphatic carbocycles. The Hall–Kier alpha value is -2.43. The first-order valence-electron chi connectivity index (χ1n) is 6.69. The molecule has 1 heterocycles. The minimum atomic E-state index is -0.258. The Morgan fingerprint density at radius 3 is 2.62 bits per heavy atom. The predicted octanol–water partition coefficient (Wildman–Crippen LogP) is 2.87. The summed E-state index contributed by atoms with van der Waals surface area (Å²) in [5.74, 6) is -0.258. The summed E-state index contributed by atoms with van der Waals surface area (Å²) >= 11 is 0. The van der Waals surface area contributed by atoms with Crippen molar-refractivity contribution in [1.82, 2.24) is 15.2 Å². The Morgan fingerprint density at radius 2 is 1.95 bits per heavy atom. The van der Waals surface area contributed by atoms with E-state index in [-0.39, 0.29) is 11.8 Å². The van der Waals surface area contributed by atoms with Crippen LogP contribution in [0.3, 0.4) is 0 Å². The van der Waals surface area contributed by atoms with Crippen LogP contribution in [0.5, 0.6) is 0 Å². The van der Waals surface area contributed by atoms with Gasteiger partial charge in [0.25, 0.3) is 0 Å². The number of rotatable bonds is 4. The van der Waals surface area contributed by atoms with Crippen molar-refractivity contribution < 1.29 is 9.18 Å². The lowest BCUT2D eigenvalue weighted by molar-refractivity contribution is 0.206. The minimum absolute atomic E-state index is 0.201. The molecule has 0 saturated heterocycles. The van der Waals surface area contributed by atoms with Crippen LogP contribution in [0.15, 0.2) is 42.7 Å². The molecule has 1 aromatic heterocycles. The molecule has 0 radical (unpaired) electrons. The summed E-state index contributed by atoms with van der Waals surface area (Å²) in [6.45, 7) is 2.51. The molecule has 0 fully saturated rings. The third-order valence-corrected chi connectivity index (χ3v) is 3.20. The number of urea groups is 1. The Kier molecular flexibility index (Phi) is 4.87. The zero-order valence-electron chi connectivity index (χ0n) is 12.1. The van der Waals surface area contributed by atoms with Crippen LogP contribution in [-0.2, 0) is 13.1 Å². The molecule has 0 aliphatic heterocycles. The predicted molar refractivity (Wildman–Crippen MR) is 79.1 cm³/mol. The molecule has 4 nitrogen and oxygen atoms in total. The molecule has 21 heavy (non-hydrogen) atoms. The first kappa shape index (κ1) is 15.0. The van der Waals surface area contributed by atoms with Crippen LogP contribution in [0.2, 0.25) is 0 Å². The maximum absolute atomic E-state index is 13.4. The zero-order chi connectivity index (χ0) is 15.2. The number of aromatic nitrogens is 1. The van der Waals surface area contributed by atoms with Crippen molar-refractivity contribution in [2.75, 3.05) is 7.05 Å². The van der Waals surface area contributed by atoms with Gasteiger partial charge in [-0.3, -0.25) is 4.98 Å². The number of amides is 2. The van der Waals surface area contributed by atoms with E-state index in [1.54, 1.807) is 37.3 Å². The number of hydrogen-bond donors (Lipinski definition) is 1. The van der Waals surface area contributed by atoms with Gasteiger partial charge in [0.05, 0.1) is 0 Å². The summed E-state index contributed by atoms with van der Waals surface area (Å²) < 4.78 is 13.4. The molecule has 2 amide bonds. The van der Waals surface area contributed by atoms with E-state index in [1.807, 2.05) is 18.2 Å². The van der Waals surface area contributed by atoms with Gasteiger partial charge in [-0.05, 0) is 41.8 Å². The Bertz CT molecular complexity index is 616. The van der Waals surface area contributed by atoms with E-state index in [4.69, 9.17) is 0 Å². The fourth-order valence-corrected chi connectivity index (χ4v) is 1.89. The van der Waals surface area contributed by atoms with Gasteiger partial charge in [-0.25, -0.2) is 9.18 Å². The normalized spacial score (nSPS) is 10.2. The highest BCUT2D eigenvalue weighted by Crippen LogP contribution is 2.09. The van der Waals surface area contributed by atoms with Crippen LogP contribution in [-0.4, -0.2) is 23.0 Å². The van der Waals surface area contributed by atoms with Crippen molar-refractivity contribution in [2.45, 2.75) is 20.0 Å². The standard InChI is InChI=1S/C16H18FN3O/c1-12-3-4-14(9-15(12)17)10-19-16(21)20(2)11-13-5-7-18-8-6-13/h3-9H,10-11H2,1-2H3,(H,19,21). The summed E-state index contributed by atoms with van der Waals surface area (Å²) in [7, 11) is 1.71. The summed E-state index contributed by atoms with van der Waals surface area (Å²) in [5, 5.41) is 2.77. The number of nitrogens with one attached hydrogen (secondary N) is 1. The quantitative estimate of drug-likeness (QED) is 0.939. The Morgan fingerprint density at radius 1 is 1.24 bits per heavy atom. The number of benzene rings is 1. The van der Waals surface area contributed by atoms with Gasteiger partial charge in [-0.1, -0.05) is 12.1 Å². The second-order valence-electron chi connectivity index (χ2n) is 4.95. The largest absolute Gasteiger partial charge is 0.334 e. The van der Waals surface area contributed by atoms with Gasteiger partial charge in [0.15, 0.2) is 0 Å². The molecule has 2 aromatic rings. The molecule has 1 N–H and O–H groups in total. The molecular weight excluding hydrogens is 269 g/mol. The van der Waals surface area contributed by atoms with Crippen molar-refractivity contribution in [3.05, 3.63) is 65.2 Å². The summed E-state index contributed by atoms with van der Waals surface area (Å²) in [6, 6.07) is 8.48. The smallest absolute Gasteiger partial charge is 0.317 e. The molecule has 2 rings (SSSR count). The molecule has 0 saturated carbocycles. The lowest BCUT2D eigenvalue weighted by atomic mass is 10.1. The maximum atomic E-state index is 13.4. The van der Waals surface area contributed by atoms with E-state index in [0.717, 1.165) is 11.1 Å². The lowest BCUT2D eigenvalue weighted by Crippen LogP contribution is -2.36. The van der Waals surface area contributed by atoms with Crippen molar-refractivity contribution in [2.24, 2.45) is 0 Å². The van der Waals surface area contributed by atoms with Crippen LogP contribution < -0.4 is 5.32 Å². The van der Waals surface area contributed by atoms with Gasteiger partial charge >= 0.3 is 6.03 Å². The number of hydrogen-bond acceptors (Lipinski definition) is 2. The highest BCUT2D eigenvalue weighted by molar-refractivity contribution is 5.73. The highest BCUT2D eigenvalue weighted by atomic mass is 19.1. The van der Waals surface area contributed by atoms with Crippen molar-refractivity contribution >= 4 is 6.03 Å². The topological polar surface area (TPSA) is 45.2 Å². The SMILES string of the molecule is Cc1ccc(CNC(=O)N(C)Cc2ccncc2)cc1F. The molecule has 5 heteroatoms. The summed E-state index contributed by atoms with van der Waals surface area (Å²) in [4.78, 5) is 17.5. The van der Waals surface area contributed by atoms with Gasteiger partial charge in [-0.2, -0.15) is 0 Å².